The third kappa shape index (κ3) is 2.84. The topological polar surface area (TPSA) is 32.3 Å². The minimum Gasteiger partial charge on any atom is -0.393 e. The fraction of sp³-hybridized carbons (Fsp3) is 0.538. The van der Waals surface area contributed by atoms with Gasteiger partial charge in [-0.2, -0.15) is 0 Å². The highest BCUT2D eigenvalue weighted by molar-refractivity contribution is 9.10. The number of aliphatic hydroxyl groups excluding tert-OH is 1. The van der Waals surface area contributed by atoms with E-state index in [1.54, 1.807) is 0 Å². The first-order valence-electron chi connectivity index (χ1n) is 5.88. The summed E-state index contributed by atoms with van der Waals surface area (Å²) in [6.07, 6.45) is 2.79. The molecular weight excluding hydrogens is 266 g/mol. The normalized spacial score (nSPS) is 26.2. The highest BCUT2D eigenvalue weighted by Crippen LogP contribution is 2.25. The van der Waals surface area contributed by atoms with Crippen LogP contribution in [-0.2, 0) is 0 Å². The maximum atomic E-state index is 9.26. The van der Waals surface area contributed by atoms with Crippen LogP contribution in [0.5, 0.6) is 0 Å². The molecule has 3 heteroatoms. The highest BCUT2D eigenvalue weighted by Gasteiger charge is 2.28. The van der Waals surface area contributed by atoms with E-state index in [-0.39, 0.29) is 6.10 Å². The number of hydrogen-bond acceptors (Lipinski definition) is 2. The third-order valence-electron chi connectivity index (χ3n) is 3.23. The van der Waals surface area contributed by atoms with Gasteiger partial charge < -0.3 is 10.4 Å². The van der Waals surface area contributed by atoms with Gasteiger partial charge in [0.25, 0.3) is 0 Å². The number of rotatable bonds is 4. The zero-order valence-corrected chi connectivity index (χ0v) is 11.1. The van der Waals surface area contributed by atoms with Gasteiger partial charge in [0.15, 0.2) is 0 Å². The Morgan fingerprint density at radius 2 is 2.00 bits per heavy atom. The first-order valence-corrected chi connectivity index (χ1v) is 6.68. The summed E-state index contributed by atoms with van der Waals surface area (Å²) in [5.74, 6) is 0. The van der Waals surface area contributed by atoms with Crippen LogP contribution in [0.25, 0.3) is 0 Å². The van der Waals surface area contributed by atoms with E-state index in [4.69, 9.17) is 0 Å². The smallest absolute Gasteiger partial charge is 0.0570 e. The van der Waals surface area contributed by atoms with Gasteiger partial charge in [-0.15, -0.1) is 0 Å². The van der Waals surface area contributed by atoms with E-state index >= 15 is 0 Å². The summed E-state index contributed by atoms with van der Waals surface area (Å²) in [6, 6.07) is 9.36. The summed E-state index contributed by atoms with van der Waals surface area (Å²) in [6.45, 7) is 2.19. The SMILES string of the molecule is CCC(NC1CC(O)C1)c1ccc(Br)cc1. The Morgan fingerprint density at radius 3 is 2.50 bits per heavy atom. The van der Waals surface area contributed by atoms with Crippen molar-refractivity contribution in [1.29, 1.82) is 0 Å². The predicted octanol–water partition coefficient (Wildman–Crippen LogP) is 3.01. The fourth-order valence-corrected chi connectivity index (χ4v) is 2.42. The number of aliphatic hydroxyl groups is 1. The van der Waals surface area contributed by atoms with Gasteiger partial charge in [-0.3, -0.25) is 0 Å². The number of nitrogens with one attached hydrogen (secondary N) is 1. The van der Waals surface area contributed by atoms with Crippen LogP contribution in [0.1, 0.15) is 37.8 Å². The molecule has 1 aromatic rings. The molecule has 0 aliphatic heterocycles. The van der Waals surface area contributed by atoms with Gasteiger partial charge in [-0.1, -0.05) is 35.0 Å². The van der Waals surface area contributed by atoms with Gasteiger partial charge in [0, 0.05) is 16.6 Å². The summed E-state index contributed by atoms with van der Waals surface area (Å²) in [5.41, 5.74) is 1.33. The first-order chi connectivity index (χ1) is 7.69. The first kappa shape index (κ1) is 12.1. The van der Waals surface area contributed by atoms with Crippen molar-refractivity contribution in [3.63, 3.8) is 0 Å². The molecule has 1 saturated carbocycles. The summed E-state index contributed by atoms with van der Waals surface area (Å²) < 4.78 is 1.12. The Kier molecular flexibility index (Phi) is 4.00. The van der Waals surface area contributed by atoms with Crippen LogP contribution in [0.4, 0.5) is 0 Å². The van der Waals surface area contributed by atoms with Crippen LogP contribution in [0.15, 0.2) is 28.7 Å². The second-order valence-corrected chi connectivity index (χ2v) is 5.42. The molecule has 1 aliphatic rings. The summed E-state index contributed by atoms with van der Waals surface area (Å²) in [5, 5.41) is 12.9. The standard InChI is InChI=1S/C13H18BrNO/c1-2-13(15-11-7-12(16)8-11)9-3-5-10(14)6-4-9/h3-6,11-13,15-16H,2,7-8H2,1H3. The van der Waals surface area contributed by atoms with Crippen molar-refractivity contribution < 1.29 is 5.11 Å². The fourth-order valence-electron chi connectivity index (χ4n) is 2.15. The second kappa shape index (κ2) is 5.30. The highest BCUT2D eigenvalue weighted by atomic mass is 79.9. The number of halogens is 1. The molecule has 0 bridgehead atoms. The molecule has 2 rings (SSSR count). The van der Waals surface area contributed by atoms with Crippen molar-refractivity contribution >= 4 is 15.9 Å². The predicted molar refractivity (Wildman–Crippen MR) is 69.3 cm³/mol. The minimum atomic E-state index is -0.0834. The Hall–Kier alpha value is -0.380. The zero-order chi connectivity index (χ0) is 11.5. The third-order valence-corrected chi connectivity index (χ3v) is 3.76. The molecule has 1 atom stereocenters. The molecule has 0 saturated heterocycles. The van der Waals surface area contributed by atoms with Crippen LogP contribution < -0.4 is 5.32 Å². The summed E-state index contributed by atoms with van der Waals surface area (Å²) >= 11 is 3.45. The van der Waals surface area contributed by atoms with Crippen molar-refractivity contribution in [3.05, 3.63) is 34.3 Å². The molecule has 88 valence electrons. The van der Waals surface area contributed by atoms with Gasteiger partial charge >= 0.3 is 0 Å². The lowest BCUT2D eigenvalue weighted by Gasteiger charge is -2.35. The zero-order valence-electron chi connectivity index (χ0n) is 9.49. The molecule has 1 unspecified atom stereocenters. The summed E-state index contributed by atoms with van der Waals surface area (Å²) in [4.78, 5) is 0. The maximum Gasteiger partial charge on any atom is 0.0570 e. The summed E-state index contributed by atoms with van der Waals surface area (Å²) in [7, 11) is 0. The average molecular weight is 284 g/mol. The molecule has 1 aromatic carbocycles. The molecule has 2 N–H and O–H groups in total. The van der Waals surface area contributed by atoms with Crippen molar-refractivity contribution in [1.82, 2.24) is 5.32 Å². The van der Waals surface area contributed by atoms with Crippen LogP contribution in [-0.4, -0.2) is 17.3 Å². The van der Waals surface area contributed by atoms with E-state index in [9.17, 15) is 5.11 Å². The van der Waals surface area contributed by atoms with Crippen LogP contribution in [0, 0.1) is 0 Å². The second-order valence-electron chi connectivity index (χ2n) is 4.50. The van der Waals surface area contributed by atoms with Crippen molar-refractivity contribution in [2.75, 3.05) is 0 Å². The van der Waals surface area contributed by atoms with Gasteiger partial charge in [-0.05, 0) is 37.0 Å². The van der Waals surface area contributed by atoms with E-state index in [1.165, 1.54) is 5.56 Å². The molecule has 0 aromatic heterocycles. The minimum absolute atomic E-state index is 0.0834. The number of benzene rings is 1. The Bertz CT molecular complexity index is 332. The van der Waals surface area contributed by atoms with E-state index in [0.29, 0.717) is 12.1 Å². The Labute approximate surface area is 105 Å². The largest absolute Gasteiger partial charge is 0.393 e. The van der Waals surface area contributed by atoms with Gasteiger partial charge in [0.1, 0.15) is 0 Å². The molecule has 0 spiro atoms. The van der Waals surface area contributed by atoms with Gasteiger partial charge in [-0.25, -0.2) is 0 Å². The van der Waals surface area contributed by atoms with E-state index in [2.05, 4.69) is 52.4 Å². The Morgan fingerprint density at radius 1 is 1.38 bits per heavy atom. The maximum absolute atomic E-state index is 9.26. The van der Waals surface area contributed by atoms with Crippen molar-refractivity contribution in [2.45, 2.75) is 44.4 Å². The molecule has 1 aliphatic carbocycles. The average Bonchev–Trinajstić information content (AvgIpc) is 2.24. The van der Waals surface area contributed by atoms with Crippen molar-refractivity contribution in [3.8, 4) is 0 Å². The van der Waals surface area contributed by atoms with Crippen molar-refractivity contribution in [2.24, 2.45) is 0 Å². The lowest BCUT2D eigenvalue weighted by atomic mass is 9.88. The van der Waals surface area contributed by atoms with Crippen LogP contribution >= 0.6 is 15.9 Å². The van der Waals surface area contributed by atoms with Crippen LogP contribution in [0.2, 0.25) is 0 Å². The van der Waals surface area contributed by atoms with Crippen LogP contribution in [0.3, 0.4) is 0 Å². The van der Waals surface area contributed by atoms with E-state index in [0.717, 1.165) is 23.7 Å². The van der Waals surface area contributed by atoms with Gasteiger partial charge in [0.2, 0.25) is 0 Å². The number of hydrogen-bond donors (Lipinski definition) is 2. The molecule has 0 heterocycles. The monoisotopic (exact) mass is 283 g/mol. The molecular formula is C13H18BrNO. The molecule has 0 radical (unpaired) electrons. The molecule has 1 fully saturated rings. The molecule has 0 amide bonds. The molecule has 2 nitrogen and oxygen atoms in total. The Balaban J connectivity index is 1.96. The lowest BCUT2D eigenvalue weighted by molar-refractivity contribution is 0.0574. The quantitative estimate of drug-likeness (QED) is 0.890. The van der Waals surface area contributed by atoms with E-state index in [1.807, 2.05) is 0 Å². The molecule has 16 heavy (non-hydrogen) atoms. The van der Waals surface area contributed by atoms with Gasteiger partial charge in [0.05, 0.1) is 6.10 Å². The van der Waals surface area contributed by atoms with E-state index < -0.39 is 0 Å². The lowest BCUT2D eigenvalue weighted by Crippen LogP contribution is -2.45.